The molecule has 17 heteroatoms. The Kier molecular flexibility index (Phi) is 8.84. The summed E-state index contributed by atoms with van der Waals surface area (Å²) in [5, 5.41) is 28.5. The second-order valence-corrected chi connectivity index (χ2v) is 7.32. The highest BCUT2D eigenvalue weighted by Gasteiger charge is 2.49. The number of primary amides is 1. The summed E-state index contributed by atoms with van der Waals surface area (Å²) >= 11 is 0. The number of hydrogen-bond donors (Lipinski definition) is 9. The van der Waals surface area contributed by atoms with Crippen molar-refractivity contribution in [3.05, 3.63) is 22.7 Å². The first kappa shape index (κ1) is 26.5. The number of anilines is 1. The first-order valence-corrected chi connectivity index (χ1v) is 9.91. The van der Waals surface area contributed by atoms with Gasteiger partial charge >= 0.3 is 5.69 Å². The molecule has 2 heterocycles. The van der Waals surface area contributed by atoms with E-state index in [0.717, 1.165) is 10.8 Å². The van der Waals surface area contributed by atoms with Gasteiger partial charge in [-0.05, 0) is 13.1 Å². The Labute approximate surface area is 192 Å². The summed E-state index contributed by atoms with van der Waals surface area (Å²) in [5.74, 6) is -3.05. The standard InChI is InChI=1S/C17H28N10O7/c1-22-5-8(28)24-6(4-23-16(20)21)14(32)26-9-10(29)11(30)15(34-12(9)13(19)31)27-3-2-7(18)25-17(27)33/h2-3,6,9-12,15,22,29-30H,4-5H2,1H3,(H2,19,31)(H,24,28)(H,26,32)(H2,18,25,33)(H4,20,21,23)/t6-,9+,10+,11-,12+,15-/m1/s1. The molecule has 1 aromatic heterocycles. The van der Waals surface area contributed by atoms with Crippen molar-refractivity contribution in [2.24, 2.45) is 22.2 Å². The lowest BCUT2D eigenvalue weighted by atomic mass is 9.94. The molecule has 13 N–H and O–H groups in total. The Morgan fingerprint density at radius 1 is 1.26 bits per heavy atom. The zero-order chi connectivity index (χ0) is 25.6. The number of nitrogens with zero attached hydrogens (tertiary/aromatic N) is 3. The molecular weight excluding hydrogens is 456 g/mol. The number of nitrogen functional groups attached to an aromatic ring is 1. The van der Waals surface area contributed by atoms with Gasteiger partial charge in [0.2, 0.25) is 17.7 Å². The van der Waals surface area contributed by atoms with Crippen molar-refractivity contribution in [1.82, 2.24) is 25.5 Å². The minimum atomic E-state index is -1.83. The number of aliphatic imine (C=N–C) groups is 1. The minimum Gasteiger partial charge on any atom is -0.388 e. The van der Waals surface area contributed by atoms with Crippen molar-refractivity contribution in [1.29, 1.82) is 0 Å². The summed E-state index contributed by atoms with van der Waals surface area (Å²) in [6.45, 7) is -0.498. The number of ether oxygens (including phenoxy) is 1. The zero-order valence-electron chi connectivity index (χ0n) is 18.1. The van der Waals surface area contributed by atoms with Crippen LogP contribution < -0.4 is 44.6 Å². The number of aromatic nitrogens is 2. The number of aliphatic hydroxyl groups excluding tert-OH is 2. The van der Waals surface area contributed by atoms with Crippen molar-refractivity contribution in [3.8, 4) is 0 Å². The van der Waals surface area contributed by atoms with Gasteiger partial charge in [-0.1, -0.05) is 0 Å². The minimum absolute atomic E-state index is 0.101. The summed E-state index contributed by atoms with van der Waals surface area (Å²) in [7, 11) is 1.51. The second-order valence-electron chi connectivity index (χ2n) is 7.32. The molecule has 0 aliphatic carbocycles. The second kappa shape index (κ2) is 11.4. The van der Waals surface area contributed by atoms with E-state index in [2.05, 4.69) is 25.9 Å². The fourth-order valence-electron chi connectivity index (χ4n) is 3.19. The summed E-state index contributed by atoms with van der Waals surface area (Å²) in [4.78, 5) is 56.2. The topological polar surface area (TPSA) is 288 Å². The largest absolute Gasteiger partial charge is 0.388 e. The molecule has 1 aliphatic rings. The molecule has 0 unspecified atom stereocenters. The first-order chi connectivity index (χ1) is 16.0. The number of nitrogens with two attached hydrogens (primary N) is 4. The highest BCUT2D eigenvalue weighted by molar-refractivity contribution is 5.90. The van der Waals surface area contributed by atoms with Gasteiger partial charge < -0.3 is 53.8 Å². The van der Waals surface area contributed by atoms with Crippen LogP contribution in [0.4, 0.5) is 5.82 Å². The number of likely N-dealkylation sites (N-methyl/N-ethyl adjacent to an activating group) is 1. The van der Waals surface area contributed by atoms with Gasteiger partial charge in [0.05, 0.1) is 19.1 Å². The average Bonchev–Trinajstić information content (AvgIpc) is 2.75. The highest BCUT2D eigenvalue weighted by atomic mass is 16.5. The van der Waals surface area contributed by atoms with Crippen molar-refractivity contribution in [2.75, 3.05) is 25.9 Å². The van der Waals surface area contributed by atoms with Crippen LogP contribution in [0, 0.1) is 0 Å². The Bertz CT molecular complexity index is 995. The third-order valence-electron chi connectivity index (χ3n) is 4.78. The van der Waals surface area contributed by atoms with E-state index < -0.39 is 60.0 Å². The van der Waals surface area contributed by atoms with Gasteiger partial charge in [0.25, 0.3) is 0 Å². The maximum Gasteiger partial charge on any atom is 0.351 e. The van der Waals surface area contributed by atoms with E-state index in [9.17, 15) is 29.4 Å². The molecule has 6 atom stereocenters. The van der Waals surface area contributed by atoms with E-state index in [1.54, 1.807) is 0 Å². The summed E-state index contributed by atoms with van der Waals surface area (Å²) in [5.41, 5.74) is 20.5. The Morgan fingerprint density at radius 3 is 2.50 bits per heavy atom. The lowest BCUT2D eigenvalue weighted by Crippen LogP contribution is -2.67. The monoisotopic (exact) mass is 484 g/mol. The molecule has 1 saturated heterocycles. The van der Waals surface area contributed by atoms with Crippen LogP contribution in [0.1, 0.15) is 6.23 Å². The predicted octanol–water partition coefficient (Wildman–Crippen LogP) is -6.61. The van der Waals surface area contributed by atoms with E-state index in [4.69, 9.17) is 27.7 Å². The molecule has 1 fully saturated rings. The van der Waals surface area contributed by atoms with Crippen LogP contribution in [0.2, 0.25) is 0 Å². The van der Waals surface area contributed by atoms with Crippen LogP contribution in [0.5, 0.6) is 0 Å². The van der Waals surface area contributed by atoms with E-state index >= 15 is 0 Å². The molecule has 0 spiro atoms. The number of amides is 3. The number of aliphatic hydroxyl groups is 2. The lowest BCUT2D eigenvalue weighted by Gasteiger charge is -2.42. The smallest absolute Gasteiger partial charge is 0.351 e. The van der Waals surface area contributed by atoms with Gasteiger partial charge in [-0.15, -0.1) is 0 Å². The molecule has 2 rings (SSSR count). The Balaban J connectivity index is 2.29. The van der Waals surface area contributed by atoms with Crippen molar-refractivity contribution < 1.29 is 29.3 Å². The van der Waals surface area contributed by atoms with E-state index in [0.29, 0.717) is 0 Å². The molecule has 0 saturated carbocycles. The third kappa shape index (κ3) is 6.38. The summed E-state index contributed by atoms with van der Waals surface area (Å²) in [6.07, 6.45) is -5.76. The van der Waals surface area contributed by atoms with Crippen LogP contribution >= 0.6 is 0 Å². The van der Waals surface area contributed by atoms with Crippen LogP contribution in [0.15, 0.2) is 22.1 Å². The number of guanidine groups is 1. The van der Waals surface area contributed by atoms with Gasteiger partial charge in [-0.3, -0.25) is 23.9 Å². The van der Waals surface area contributed by atoms with Gasteiger partial charge in [-0.25, -0.2) is 4.79 Å². The quantitative estimate of drug-likeness (QED) is 0.117. The Morgan fingerprint density at radius 2 is 1.94 bits per heavy atom. The van der Waals surface area contributed by atoms with Gasteiger partial charge in [0, 0.05) is 6.20 Å². The van der Waals surface area contributed by atoms with E-state index in [1.165, 1.54) is 13.1 Å². The molecule has 3 amide bonds. The number of rotatable bonds is 9. The van der Waals surface area contributed by atoms with Crippen LogP contribution in [-0.2, 0) is 19.1 Å². The van der Waals surface area contributed by atoms with Crippen molar-refractivity contribution in [2.45, 2.75) is 36.6 Å². The normalized spacial score (nSPS) is 25.1. The van der Waals surface area contributed by atoms with Gasteiger partial charge in [-0.2, -0.15) is 4.98 Å². The summed E-state index contributed by atoms with van der Waals surface area (Å²) < 4.78 is 6.27. The maximum atomic E-state index is 12.9. The molecule has 0 bridgehead atoms. The average molecular weight is 484 g/mol. The molecule has 34 heavy (non-hydrogen) atoms. The molecule has 1 aliphatic heterocycles. The van der Waals surface area contributed by atoms with E-state index in [1.807, 2.05) is 0 Å². The highest BCUT2D eigenvalue weighted by Crippen LogP contribution is 2.27. The zero-order valence-corrected chi connectivity index (χ0v) is 18.1. The van der Waals surface area contributed by atoms with Gasteiger partial charge in [0.15, 0.2) is 18.3 Å². The van der Waals surface area contributed by atoms with Crippen molar-refractivity contribution in [3.63, 3.8) is 0 Å². The Hall–Kier alpha value is -3.80. The predicted molar refractivity (Wildman–Crippen MR) is 116 cm³/mol. The van der Waals surface area contributed by atoms with Crippen LogP contribution in [-0.4, -0.2) is 94.0 Å². The molecule has 17 nitrogen and oxygen atoms in total. The maximum absolute atomic E-state index is 12.9. The number of hydrogen-bond acceptors (Lipinski definition) is 11. The lowest BCUT2D eigenvalue weighted by molar-refractivity contribution is -0.212. The summed E-state index contributed by atoms with van der Waals surface area (Å²) in [6, 6.07) is -1.64. The number of carbonyl (C=O) groups excluding carboxylic acids is 3. The fourth-order valence-corrected chi connectivity index (χ4v) is 3.19. The molecule has 1 aromatic rings. The molecular formula is C17H28N10O7. The van der Waals surface area contributed by atoms with Crippen molar-refractivity contribution >= 4 is 29.5 Å². The first-order valence-electron chi connectivity index (χ1n) is 9.91. The fraction of sp³-hybridized carbons (Fsp3) is 0.529. The van der Waals surface area contributed by atoms with E-state index in [-0.39, 0.29) is 24.9 Å². The third-order valence-corrected chi connectivity index (χ3v) is 4.78. The SMILES string of the molecule is CNCC(=O)N[C@H](CN=C(N)N)C(=O)N[C@H]1[C@H](O)[C@@H](O)[C@H](n2ccc(N)nc2=O)O[C@@H]1C(N)=O. The molecule has 0 radical (unpaired) electrons. The number of carbonyl (C=O) groups is 3. The van der Waals surface area contributed by atoms with Crippen LogP contribution in [0.3, 0.4) is 0 Å². The van der Waals surface area contributed by atoms with Crippen LogP contribution in [0.25, 0.3) is 0 Å². The number of nitrogens with one attached hydrogen (secondary N) is 3. The van der Waals surface area contributed by atoms with Gasteiger partial charge in [0.1, 0.15) is 24.1 Å². The molecule has 0 aromatic carbocycles. The molecule has 188 valence electrons.